The number of pyridine rings is 3. The van der Waals surface area contributed by atoms with Gasteiger partial charge < -0.3 is 0 Å². The molecular formula is C48H48N6. The van der Waals surface area contributed by atoms with Crippen molar-refractivity contribution in [1.29, 1.82) is 0 Å². The first-order chi connectivity index (χ1) is 26.7. The molecule has 0 radical (unpaired) electrons. The molecule has 54 heavy (non-hydrogen) atoms. The van der Waals surface area contributed by atoms with Gasteiger partial charge in [0.05, 0.1) is 17.1 Å². The molecule has 0 fully saturated rings. The van der Waals surface area contributed by atoms with Gasteiger partial charge in [0, 0.05) is 77.5 Å². The Bertz CT molecular complexity index is 1720. The van der Waals surface area contributed by atoms with Crippen LogP contribution in [0.15, 0.2) is 182 Å². The maximum Gasteiger partial charge on any atom is 0.0544 e. The molecule has 4 aromatic carbocycles. The summed E-state index contributed by atoms with van der Waals surface area (Å²) in [6.07, 6.45) is 5.67. The van der Waals surface area contributed by atoms with E-state index < -0.39 is 0 Å². The Morgan fingerprint density at radius 1 is 0.259 bits per heavy atom. The van der Waals surface area contributed by atoms with Crippen LogP contribution in [0.5, 0.6) is 0 Å². The Balaban J connectivity index is 1.23. The third kappa shape index (κ3) is 11.6. The summed E-state index contributed by atoms with van der Waals surface area (Å²) in [4.78, 5) is 21.6. The predicted molar refractivity (Wildman–Crippen MR) is 217 cm³/mol. The summed E-state index contributed by atoms with van der Waals surface area (Å²) in [6.45, 7) is 7.15. The molecule has 3 heterocycles. The highest BCUT2D eigenvalue weighted by Crippen LogP contribution is 2.22. The van der Waals surface area contributed by atoms with Crippen molar-refractivity contribution in [3.05, 3.63) is 233 Å². The molecule has 0 aliphatic rings. The largest absolute Gasteiger partial charge is 0.289 e. The van der Waals surface area contributed by atoms with Crippen LogP contribution in [0.3, 0.4) is 0 Å². The first-order valence-electron chi connectivity index (χ1n) is 18.8. The van der Waals surface area contributed by atoms with E-state index >= 15 is 0 Å². The Kier molecular flexibility index (Phi) is 13.1. The SMILES string of the molecule is c1ccc(CN(Cc2cc(CN(Cc3ccccc3)Cc3ccccn3)cc(CN(Cc3ccccc3)Cc3ccccn3)c2)Cc2ccccn2)cc1. The summed E-state index contributed by atoms with van der Waals surface area (Å²) in [5.74, 6) is 0. The molecule has 6 nitrogen and oxygen atoms in total. The zero-order chi connectivity index (χ0) is 36.6. The van der Waals surface area contributed by atoms with E-state index in [0.29, 0.717) is 0 Å². The minimum Gasteiger partial charge on any atom is -0.289 e. The van der Waals surface area contributed by atoms with E-state index in [-0.39, 0.29) is 0 Å². The lowest BCUT2D eigenvalue weighted by molar-refractivity contribution is 0.236. The third-order valence-electron chi connectivity index (χ3n) is 9.41. The van der Waals surface area contributed by atoms with Gasteiger partial charge in [0.25, 0.3) is 0 Å². The van der Waals surface area contributed by atoms with Crippen LogP contribution in [0, 0.1) is 0 Å². The highest BCUT2D eigenvalue weighted by molar-refractivity contribution is 5.31. The quantitative estimate of drug-likeness (QED) is 0.0886. The summed E-state index contributed by atoms with van der Waals surface area (Å²) in [5, 5.41) is 0. The van der Waals surface area contributed by atoms with Crippen LogP contribution in [0.4, 0.5) is 0 Å². The molecule has 7 rings (SSSR count). The predicted octanol–water partition coefficient (Wildman–Crippen LogP) is 9.48. The zero-order valence-electron chi connectivity index (χ0n) is 30.9. The van der Waals surface area contributed by atoms with Crippen molar-refractivity contribution in [1.82, 2.24) is 29.7 Å². The van der Waals surface area contributed by atoms with E-state index in [1.165, 1.54) is 33.4 Å². The van der Waals surface area contributed by atoms with Crippen LogP contribution in [0.2, 0.25) is 0 Å². The Morgan fingerprint density at radius 2 is 0.519 bits per heavy atom. The molecule has 0 aliphatic heterocycles. The van der Waals surface area contributed by atoms with Gasteiger partial charge in [-0.2, -0.15) is 0 Å². The number of aromatic nitrogens is 3. The number of hydrogen-bond acceptors (Lipinski definition) is 6. The van der Waals surface area contributed by atoms with Gasteiger partial charge in [-0.3, -0.25) is 29.7 Å². The number of hydrogen-bond donors (Lipinski definition) is 0. The van der Waals surface area contributed by atoms with Gasteiger partial charge in [0.2, 0.25) is 0 Å². The molecule has 0 atom stereocenters. The first-order valence-corrected chi connectivity index (χ1v) is 18.8. The molecule has 270 valence electrons. The Labute approximate surface area is 320 Å². The van der Waals surface area contributed by atoms with Gasteiger partial charge in [-0.1, -0.05) is 127 Å². The summed E-state index contributed by atoms with van der Waals surface area (Å²) in [7, 11) is 0. The zero-order valence-corrected chi connectivity index (χ0v) is 30.9. The summed E-state index contributed by atoms with van der Waals surface area (Å²) in [6, 6.07) is 58.1. The minimum atomic E-state index is 0.759. The number of benzene rings is 4. The number of nitrogens with zero attached hydrogens (tertiary/aromatic N) is 6. The smallest absolute Gasteiger partial charge is 0.0544 e. The molecule has 0 bridgehead atoms. The molecule has 0 amide bonds. The van der Waals surface area contributed by atoms with Crippen LogP contribution in [0.25, 0.3) is 0 Å². The van der Waals surface area contributed by atoms with Gasteiger partial charge in [0.1, 0.15) is 0 Å². The van der Waals surface area contributed by atoms with Gasteiger partial charge in [0.15, 0.2) is 0 Å². The van der Waals surface area contributed by atoms with Crippen molar-refractivity contribution >= 4 is 0 Å². The Hall–Kier alpha value is -5.79. The van der Waals surface area contributed by atoms with E-state index in [4.69, 9.17) is 15.0 Å². The highest BCUT2D eigenvalue weighted by Gasteiger charge is 2.16. The molecule has 0 saturated carbocycles. The van der Waals surface area contributed by atoms with Crippen LogP contribution < -0.4 is 0 Å². The van der Waals surface area contributed by atoms with E-state index in [0.717, 1.165) is 76.0 Å². The second kappa shape index (κ2) is 19.3. The lowest BCUT2D eigenvalue weighted by Gasteiger charge is -2.27. The molecule has 0 saturated heterocycles. The number of rotatable bonds is 18. The Morgan fingerprint density at radius 3 is 0.778 bits per heavy atom. The lowest BCUT2D eigenvalue weighted by Crippen LogP contribution is -2.26. The second-order valence-corrected chi connectivity index (χ2v) is 14.0. The van der Waals surface area contributed by atoms with E-state index in [9.17, 15) is 0 Å². The molecule has 0 N–H and O–H groups in total. The monoisotopic (exact) mass is 708 g/mol. The fourth-order valence-electron chi connectivity index (χ4n) is 7.08. The fraction of sp³-hybridized carbons (Fsp3) is 0.188. The maximum atomic E-state index is 4.71. The van der Waals surface area contributed by atoms with E-state index in [1.54, 1.807) is 0 Å². The van der Waals surface area contributed by atoms with Crippen molar-refractivity contribution < 1.29 is 0 Å². The van der Waals surface area contributed by atoms with Crippen molar-refractivity contribution in [3.8, 4) is 0 Å². The van der Waals surface area contributed by atoms with Crippen molar-refractivity contribution in [3.63, 3.8) is 0 Å². The van der Waals surface area contributed by atoms with Crippen molar-refractivity contribution in [2.75, 3.05) is 0 Å². The first kappa shape index (κ1) is 36.6. The third-order valence-corrected chi connectivity index (χ3v) is 9.41. The molecule has 6 heteroatoms. The van der Waals surface area contributed by atoms with Crippen LogP contribution in [-0.4, -0.2) is 29.7 Å². The van der Waals surface area contributed by atoms with Gasteiger partial charge >= 0.3 is 0 Å². The summed E-state index contributed by atoms with van der Waals surface area (Å²) in [5.41, 5.74) is 11.0. The molecular weight excluding hydrogens is 661 g/mol. The van der Waals surface area contributed by atoms with Crippen molar-refractivity contribution in [2.24, 2.45) is 0 Å². The standard InChI is InChI=1S/C48H48N6/c1-4-16-40(17-5-1)31-52(37-46-22-10-13-25-49-46)34-43-28-44(35-53(32-41-18-6-2-7-19-41)38-47-23-11-14-26-50-47)30-45(29-43)36-54(33-42-20-8-3-9-21-42)39-48-24-12-15-27-51-48/h1-30H,31-39H2. The molecule has 0 aliphatic carbocycles. The fourth-order valence-corrected chi connectivity index (χ4v) is 7.08. The molecule has 3 aromatic heterocycles. The van der Waals surface area contributed by atoms with Gasteiger partial charge in [-0.05, 0) is 69.8 Å². The molecule has 0 unspecified atom stereocenters. The average molecular weight is 709 g/mol. The maximum absolute atomic E-state index is 4.71. The second-order valence-electron chi connectivity index (χ2n) is 14.0. The summed E-state index contributed by atoms with van der Waals surface area (Å²) >= 11 is 0. The lowest BCUT2D eigenvalue weighted by atomic mass is 10.0. The van der Waals surface area contributed by atoms with Crippen LogP contribution in [-0.2, 0) is 58.9 Å². The highest BCUT2D eigenvalue weighted by atomic mass is 15.1. The van der Waals surface area contributed by atoms with Crippen molar-refractivity contribution in [2.45, 2.75) is 58.9 Å². The normalized spacial score (nSPS) is 11.4. The molecule has 0 spiro atoms. The average Bonchev–Trinajstić information content (AvgIpc) is 3.20. The van der Waals surface area contributed by atoms with E-state index in [1.807, 2.05) is 36.8 Å². The summed E-state index contributed by atoms with van der Waals surface area (Å²) < 4.78 is 0. The minimum absolute atomic E-state index is 0.759. The van der Waals surface area contributed by atoms with Crippen LogP contribution >= 0.6 is 0 Å². The van der Waals surface area contributed by atoms with E-state index in [2.05, 4.69) is 160 Å². The molecule has 7 aromatic rings. The van der Waals surface area contributed by atoms with Gasteiger partial charge in [-0.25, -0.2) is 0 Å². The topological polar surface area (TPSA) is 48.4 Å². The van der Waals surface area contributed by atoms with Crippen LogP contribution in [0.1, 0.15) is 50.5 Å². The van der Waals surface area contributed by atoms with Gasteiger partial charge in [-0.15, -0.1) is 0 Å².